The maximum absolute atomic E-state index is 12.9. The number of hydrogen-bond acceptors (Lipinski definition) is 4. The maximum atomic E-state index is 12.9. The van der Waals surface area contributed by atoms with E-state index in [-0.39, 0.29) is 30.2 Å². The van der Waals surface area contributed by atoms with Crippen molar-refractivity contribution >= 4 is 21.9 Å². The van der Waals surface area contributed by atoms with Crippen LogP contribution in [0.3, 0.4) is 0 Å². The van der Waals surface area contributed by atoms with Crippen LogP contribution >= 0.6 is 0 Å². The molecular weight excluding hydrogens is 351 g/mol. The molecule has 0 saturated carbocycles. The van der Waals surface area contributed by atoms with Gasteiger partial charge in [-0.2, -0.15) is 0 Å². The highest BCUT2D eigenvalue weighted by Gasteiger charge is 2.22. The molecular formula is C16H23FN2O5S. The predicted molar refractivity (Wildman–Crippen MR) is 89.9 cm³/mol. The zero-order chi connectivity index (χ0) is 19.2. The van der Waals surface area contributed by atoms with Crippen molar-refractivity contribution in [1.29, 1.82) is 0 Å². The molecule has 140 valence electrons. The van der Waals surface area contributed by atoms with Crippen LogP contribution in [0.4, 0.5) is 4.39 Å². The van der Waals surface area contributed by atoms with Gasteiger partial charge in [-0.1, -0.05) is 0 Å². The molecule has 0 fully saturated rings. The first-order valence-electron chi connectivity index (χ1n) is 7.79. The minimum Gasteiger partial charge on any atom is -0.481 e. The monoisotopic (exact) mass is 374 g/mol. The number of halogens is 1. The number of carbonyl (C=O) groups is 2. The van der Waals surface area contributed by atoms with Gasteiger partial charge in [0.15, 0.2) is 0 Å². The fourth-order valence-corrected chi connectivity index (χ4v) is 3.24. The van der Waals surface area contributed by atoms with Crippen LogP contribution in [0.1, 0.15) is 26.7 Å². The smallest absolute Gasteiger partial charge is 0.308 e. The first kappa shape index (κ1) is 21.0. The molecule has 0 bridgehead atoms. The molecule has 1 aromatic rings. The van der Waals surface area contributed by atoms with Crippen molar-refractivity contribution in [3.63, 3.8) is 0 Å². The highest BCUT2D eigenvalue weighted by atomic mass is 32.2. The fourth-order valence-electron chi connectivity index (χ4n) is 2.03. The summed E-state index contributed by atoms with van der Waals surface area (Å²) in [5.41, 5.74) is 0. The third-order valence-corrected chi connectivity index (χ3v) is 5.80. The normalized spacial score (nSPS) is 14.1. The van der Waals surface area contributed by atoms with Gasteiger partial charge in [0.2, 0.25) is 15.9 Å². The second-order valence-corrected chi connectivity index (χ2v) is 7.91. The van der Waals surface area contributed by atoms with E-state index in [4.69, 9.17) is 5.11 Å². The van der Waals surface area contributed by atoms with E-state index in [0.29, 0.717) is 0 Å². The molecule has 0 aliphatic carbocycles. The van der Waals surface area contributed by atoms with E-state index in [1.807, 2.05) is 0 Å². The first-order valence-corrected chi connectivity index (χ1v) is 9.23. The molecule has 25 heavy (non-hydrogen) atoms. The van der Waals surface area contributed by atoms with E-state index < -0.39 is 33.8 Å². The third-order valence-electron chi connectivity index (χ3n) is 3.93. The van der Waals surface area contributed by atoms with Gasteiger partial charge in [0.05, 0.1) is 10.8 Å². The van der Waals surface area contributed by atoms with Crippen LogP contribution in [-0.2, 0) is 19.6 Å². The van der Waals surface area contributed by atoms with Crippen LogP contribution in [0, 0.1) is 11.7 Å². The van der Waals surface area contributed by atoms with Crippen LogP contribution in [0.25, 0.3) is 0 Å². The molecule has 1 rings (SSSR count). The van der Waals surface area contributed by atoms with Crippen molar-refractivity contribution in [3.05, 3.63) is 30.1 Å². The largest absolute Gasteiger partial charge is 0.481 e. The lowest BCUT2D eigenvalue weighted by atomic mass is 10.0. The number of carboxylic acids is 1. The summed E-state index contributed by atoms with van der Waals surface area (Å²) in [6.45, 7) is 3.20. The Labute approximate surface area is 146 Å². The number of sulfonamides is 1. The van der Waals surface area contributed by atoms with Gasteiger partial charge in [0.1, 0.15) is 5.82 Å². The van der Waals surface area contributed by atoms with Crippen LogP contribution < -0.4 is 5.32 Å². The van der Waals surface area contributed by atoms with Gasteiger partial charge in [-0.05, 0) is 44.5 Å². The highest BCUT2D eigenvalue weighted by Crippen LogP contribution is 2.15. The minimum atomic E-state index is -3.74. The average Bonchev–Trinajstić information content (AvgIpc) is 2.54. The molecule has 2 unspecified atom stereocenters. The van der Waals surface area contributed by atoms with Gasteiger partial charge in [-0.25, -0.2) is 17.1 Å². The second kappa shape index (κ2) is 8.91. The molecule has 1 aromatic carbocycles. The Morgan fingerprint density at radius 1 is 1.24 bits per heavy atom. The molecule has 0 radical (unpaired) electrons. The van der Waals surface area contributed by atoms with E-state index in [9.17, 15) is 22.4 Å². The highest BCUT2D eigenvalue weighted by molar-refractivity contribution is 7.89. The van der Waals surface area contributed by atoms with Crippen LogP contribution in [-0.4, -0.2) is 49.3 Å². The number of carboxylic acid groups (broad SMARTS) is 1. The molecule has 0 aliphatic rings. The van der Waals surface area contributed by atoms with Crippen molar-refractivity contribution in [3.8, 4) is 0 Å². The summed E-state index contributed by atoms with van der Waals surface area (Å²) < 4.78 is 38.6. The van der Waals surface area contributed by atoms with Gasteiger partial charge in [0.25, 0.3) is 0 Å². The Morgan fingerprint density at radius 3 is 2.32 bits per heavy atom. The van der Waals surface area contributed by atoms with Gasteiger partial charge in [0, 0.05) is 26.1 Å². The van der Waals surface area contributed by atoms with Crippen molar-refractivity contribution in [2.75, 3.05) is 13.6 Å². The number of carbonyl (C=O) groups excluding carboxylic acids is 1. The summed E-state index contributed by atoms with van der Waals surface area (Å²) in [7, 11) is -2.36. The standard InChI is InChI=1S/C16H23FN2O5S/c1-11(16(21)22)12(2)18-15(20)5-4-10-19(3)25(23,24)14-8-6-13(17)7-9-14/h6-9,11-12H,4-5,10H2,1-3H3,(H,18,20)(H,21,22). The van der Waals surface area contributed by atoms with Crippen molar-refractivity contribution in [1.82, 2.24) is 9.62 Å². The predicted octanol–water partition coefficient (Wildman–Crippen LogP) is 1.45. The number of nitrogens with one attached hydrogen (secondary N) is 1. The van der Waals surface area contributed by atoms with E-state index in [1.54, 1.807) is 6.92 Å². The lowest BCUT2D eigenvalue weighted by Crippen LogP contribution is -2.40. The number of aliphatic carboxylic acids is 1. The first-order chi connectivity index (χ1) is 11.6. The lowest BCUT2D eigenvalue weighted by molar-refractivity contribution is -0.142. The molecule has 2 atom stereocenters. The molecule has 0 aromatic heterocycles. The number of benzene rings is 1. The molecule has 9 heteroatoms. The summed E-state index contributed by atoms with van der Waals surface area (Å²) in [4.78, 5) is 22.6. The Hall–Kier alpha value is -2.00. The summed E-state index contributed by atoms with van der Waals surface area (Å²) >= 11 is 0. The topological polar surface area (TPSA) is 104 Å². The molecule has 0 heterocycles. The fraction of sp³-hybridized carbons (Fsp3) is 0.500. The lowest BCUT2D eigenvalue weighted by Gasteiger charge is -2.19. The van der Waals surface area contributed by atoms with Gasteiger partial charge < -0.3 is 10.4 Å². The Morgan fingerprint density at radius 2 is 1.80 bits per heavy atom. The summed E-state index contributed by atoms with van der Waals surface area (Å²) in [6.07, 6.45) is 0.344. The van der Waals surface area contributed by atoms with Crippen molar-refractivity contribution < 1.29 is 27.5 Å². The average molecular weight is 374 g/mol. The quantitative estimate of drug-likeness (QED) is 0.681. The Kier molecular flexibility index (Phi) is 7.50. The second-order valence-electron chi connectivity index (χ2n) is 5.87. The minimum absolute atomic E-state index is 0.0234. The van der Waals surface area contributed by atoms with Crippen molar-refractivity contribution in [2.24, 2.45) is 5.92 Å². The zero-order valence-corrected chi connectivity index (χ0v) is 15.2. The molecule has 0 spiro atoms. The van der Waals surface area contributed by atoms with Gasteiger partial charge in [-0.3, -0.25) is 9.59 Å². The van der Waals surface area contributed by atoms with Crippen LogP contribution in [0.15, 0.2) is 29.2 Å². The molecule has 7 nitrogen and oxygen atoms in total. The molecule has 2 N–H and O–H groups in total. The summed E-state index contributed by atoms with van der Waals surface area (Å²) in [5, 5.41) is 11.5. The Balaban J connectivity index is 2.51. The van der Waals surface area contributed by atoms with Gasteiger partial charge in [-0.15, -0.1) is 0 Å². The molecule has 1 amide bonds. The molecule has 0 saturated heterocycles. The number of nitrogens with zero attached hydrogens (tertiary/aromatic N) is 1. The van der Waals surface area contributed by atoms with E-state index in [2.05, 4.69) is 5.32 Å². The summed E-state index contributed by atoms with van der Waals surface area (Å²) in [6, 6.07) is 3.98. The van der Waals surface area contributed by atoms with Crippen LogP contribution in [0.2, 0.25) is 0 Å². The zero-order valence-electron chi connectivity index (χ0n) is 14.4. The SMILES string of the molecule is CC(NC(=O)CCCN(C)S(=O)(=O)c1ccc(F)cc1)C(C)C(=O)O. The third kappa shape index (κ3) is 6.09. The van der Waals surface area contributed by atoms with Crippen LogP contribution in [0.5, 0.6) is 0 Å². The molecule has 0 aliphatic heterocycles. The van der Waals surface area contributed by atoms with E-state index >= 15 is 0 Å². The number of amides is 1. The van der Waals surface area contributed by atoms with E-state index in [0.717, 1.165) is 16.4 Å². The van der Waals surface area contributed by atoms with E-state index in [1.165, 1.54) is 26.1 Å². The van der Waals surface area contributed by atoms with Crippen molar-refractivity contribution in [2.45, 2.75) is 37.6 Å². The maximum Gasteiger partial charge on any atom is 0.308 e. The summed E-state index contributed by atoms with van der Waals surface area (Å²) in [5.74, 6) is -2.58. The number of hydrogen-bond donors (Lipinski definition) is 2. The number of rotatable bonds is 9. The Bertz CT molecular complexity index is 706. The van der Waals surface area contributed by atoms with Gasteiger partial charge >= 0.3 is 5.97 Å².